The maximum Gasteiger partial charge on any atom is 0.317 e. The minimum absolute atomic E-state index is 0.119. The molecule has 27 heavy (non-hydrogen) atoms. The molecule has 0 spiro atoms. The van der Waals surface area contributed by atoms with Crippen LogP contribution in [-0.2, 0) is 4.79 Å². The molecule has 8 heteroatoms. The van der Waals surface area contributed by atoms with E-state index in [9.17, 15) is 19.2 Å². The second kappa shape index (κ2) is 8.20. The van der Waals surface area contributed by atoms with E-state index in [-0.39, 0.29) is 18.5 Å². The summed E-state index contributed by atoms with van der Waals surface area (Å²) in [6.07, 6.45) is 1.53. The largest absolute Gasteiger partial charge is 0.339 e. The molecule has 0 aliphatic carbocycles. The summed E-state index contributed by atoms with van der Waals surface area (Å²) < 4.78 is 0. The molecule has 2 aliphatic heterocycles. The molecule has 144 valence electrons. The Balaban J connectivity index is 1.58. The average Bonchev–Trinajstić information content (AvgIpc) is 2.87. The van der Waals surface area contributed by atoms with Crippen LogP contribution in [0, 0.1) is 0 Å². The molecule has 0 radical (unpaired) electrons. The van der Waals surface area contributed by atoms with Gasteiger partial charge in [-0.1, -0.05) is 19.1 Å². The molecule has 1 aromatic rings. The van der Waals surface area contributed by atoms with Gasteiger partial charge in [0.25, 0.3) is 11.8 Å². The second-order valence-corrected chi connectivity index (χ2v) is 6.70. The number of nitrogens with zero attached hydrogens (tertiary/aromatic N) is 3. The molecule has 0 aromatic heterocycles. The monoisotopic (exact) mass is 372 g/mol. The third-order valence-electron chi connectivity index (χ3n) is 4.83. The first-order chi connectivity index (χ1) is 13.0. The van der Waals surface area contributed by atoms with Gasteiger partial charge in [0.05, 0.1) is 11.1 Å². The lowest BCUT2D eigenvalue weighted by atomic mass is 10.1. The van der Waals surface area contributed by atoms with E-state index in [4.69, 9.17) is 0 Å². The lowest BCUT2D eigenvalue weighted by Gasteiger charge is -2.24. The van der Waals surface area contributed by atoms with Crippen molar-refractivity contribution >= 4 is 23.8 Å². The van der Waals surface area contributed by atoms with Crippen LogP contribution >= 0.6 is 0 Å². The van der Waals surface area contributed by atoms with Crippen molar-refractivity contribution in [3.8, 4) is 0 Å². The zero-order valence-electron chi connectivity index (χ0n) is 15.4. The number of benzene rings is 1. The van der Waals surface area contributed by atoms with Crippen molar-refractivity contribution in [1.29, 1.82) is 0 Å². The van der Waals surface area contributed by atoms with Gasteiger partial charge in [-0.15, -0.1) is 0 Å². The van der Waals surface area contributed by atoms with Crippen LogP contribution in [0.2, 0.25) is 0 Å². The number of fused-ring (bicyclic) bond motifs is 1. The van der Waals surface area contributed by atoms with E-state index in [2.05, 4.69) is 5.32 Å². The van der Waals surface area contributed by atoms with Crippen LogP contribution in [0.1, 0.15) is 40.5 Å². The van der Waals surface area contributed by atoms with E-state index in [0.29, 0.717) is 50.3 Å². The predicted molar refractivity (Wildman–Crippen MR) is 98.3 cm³/mol. The molecule has 2 aliphatic rings. The van der Waals surface area contributed by atoms with Crippen LogP contribution in [0.4, 0.5) is 4.79 Å². The van der Waals surface area contributed by atoms with Crippen LogP contribution in [0.25, 0.3) is 0 Å². The first-order valence-electron chi connectivity index (χ1n) is 9.28. The Morgan fingerprint density at radius 2 is 1.56 bits per heavy atom. The Morgan fingerprint density at radius 3 is 2.19 bits per heavy atom. The zero-order valence-corrected chi connectivity index (χ0v) is 15.4. The number of hydrogen-bond acceptors (Lipinski definition) is 4. The Morgan fingerprint density at radius 1 is 0.963 bits per heavy atom. The number of carbonyl (C=O) groups excluding carboxylic acids is 4. The third-order valence-corrected chi connectivity index (χ3v) is 4.83. The molecule has 2 heterocycles. The quantitative estimate of drug-likeness (QED) is 0.797. The molecule has 5 amide bonds. The number of carbonyl (C=O) groups is 4. The van der Waals surface area contributed by atoms with Crippen LogP contribution in [0.3, 0.4) is 0 Å². The van der Waals surface area contributed by atoms with Gasteiger partial charge in [-0.05, 0) is 25.0 Å². The molecule has 1 N–H and O–H groups in total. The minimum atomic E-state index is -0.431. The maximum absolute atomic E-state index is 12.7. The summed E-state index contributed by atoms with van der Waals surface area (Å²) in [7, 11) is 0. The highest BCUT2D eigenvalue weighted by atomic mass is 16.2. The molecular formula is C19H24N4O4. The van der Waals surface area contributed by atoms with Crippen molar-refractivity contribution in [2.45, 2.75) is 19.8 Å². The van der Waals surface area contributed by atoms with Gasteiger partial charge in [-0.2, -0.15) is 0 Å². The lowest BCUT2D eigenvalue weighted by molar-refractivity contribution is -0.131. The number of hydrogen-bond donors (Lipinski definition) is 1. The summed E-state index contributed by atoms with van der Waals surface area (Å²) in [5, 5.41) is 2.84. The van der Waals surface area contributed by atoms with Crippen molar-refractivity contribution in [3.63, 3.8) is 0 Å². The molecule has 1 saturated heterocycles. The van der Waals surface area contributed by atoms with E-state index >= 15 is 0 Å². The van der Waals surface area contributed by atoms with Gasteiger partial charge in [0.15, 0.2) is 0 Å². The third kappa shape index (κ3) is 3.94. The smallest absolute Gasteiger partial charge is 0.317 e. The zero-order chi connectivity index (χ0) is 19.4. The molecule has 0 bridgehead atoms. The number of imide groups is 1. The Labute approximate surface area is 158 Å². The van der Waals surface area contributed by atoms with Crippen molar-refractivity contribution in [2.24, 2.45) is 0 Å². The van der Waals surface area contributed by atoms with Gasteiger partial charge >= 0.3 is 6.03 Å². The van der Waals surface area contributed by atoms with E-state index < -0.39 is 11.8 Å². The first kappa shape index (κ1) is 18.9. The van der Waals surface area contributed by atoms with Crippen molar-refractivity contribution in [3.05, 3.63) is 35.4 Å². The van der Waals surface area contributed by atoms with Gasteiger partial charge < -0.3 is 15.1 Å². The highest BCUT2D eigenvalue weighted by Gasteiger charge is 2.37. The summed E-state index contributed by atoms with van der Waals surface area (Å²) in [6.45, 7) is 4.24. The van der Waals surface area contributed by atoms with E-state index in [1.54, 1.807) is 34.1 Å². The molecular weight excluding hydrogens is 348 g/mol. The first-order valence-corrected chi connectivity index (χ1v) is 9.28. The molecule has 1 aromatic carbocycles. The van der Waals surface area contributed by atoms with Gasteiger partial charge in [0.1, 0.15) is 6.54 Å². The fourth-order valence-corrected chi connectivity index (χ4v) is 3.33. The van der Waals surface area contributed by atoms with Gasteiger partial charge in [0, 0.05) is 32.7 Å². The van der Waals surface area contributed by atoms with Crippen molar-refractivity contribution in [1.82, 2.24) is 20.0 Å². The van der Waals surface area contributed by atoms with Crippen LogP contribution < -0.4 is 5.32 Å². The highest BCUT2D eigenvalue weighted by molar-refractivity contribution is 6.22. The summed E-state index contributed by atoms with van der Waals surface area (Å²) in [4.78, 5) is 53.9. The molecule has 1 fully saturated rings. The predicted octanol–water partition coefficient (Wildman–Crippen LogP) is 0.936. The van der Waals surface area contributed by atoms with Gasteiger partial charge in [-0.25, -0.2) is 4.79 Å². The summed E-state index contributed by atoms with van der Waals surface area (Å²) in [6, 6.07) is 6.47. The Hall–Kier alpha value is -2.90. The lowest BCUT2D eigenvalue weighted by Crippen LogP contribution is -2.45. The number of urea groups is 1. The normalized spacial score (nSPS) is 17.0. The molecule has 3 rings (SSSR count). The van der Waals surface area contributed by atoms with Crippen LogP contribution in [0.15, 0.2) is 24.3 Å². The molecule has 0 unspecified atom stereocenters. The van der Waals surface area contributed by atoms with E-state index in [1.165, 1.54) is 0 Å². The SMILES string of the molecule is CCCNC(=O)N1CCCN(C(=O)CN2C(=O)c3ccccc3C2=O)CC1. The van der Waals surface area contributed by atoms with Crippen LogP contribution in [0.5, 0.6) is 0 Å². The summed E-state index contributed by atoms with van der Waals surface area (Å²) in [5.41, 5.74) is 0.676. The standard InChI is InChI=1S/C19H24N4O4/c1-2-8-20-19(27)22-10-5-9-21(11-12-22)16(24)13-23-17(25)14-6-3-4-7-15(14)18(23)26/h3-4,6-7H,2,5,8-13H2,1H3,(H,20,27). The molecule has 0 saturated carbocycles. The molecule has 8 nitrogen and oxygen atoms in total. The summed E-state index contributed by atoms with van der Waals surface area (Å²) in [5.74, 6) is -1.14. The minimum Gasteiger partial charge on any atom is -0.339 e. The van der Waals surface area contributed by atoms with Crippen molar-refractivity contribution in [2.75, 3.05) is 39.3 Å². The van der Waals surface area contributed by atoms with Crippen LogP contribution in [-0.4, -0.2) is 77.7 Å². The Bertz CT molecular complexity index is 729. The number of rotatable bonds is 4. The van der Waals surface area contributed by atoms with E-state index in [1.807, 2.05) is 6.92 Å². The van der Waals surface area contributed by atoms with Gasteiger partial charge in [0.2, 0.25) is 5.91 Å². The fourth-order valence-electron chi connectivity index (χ4n) is 3.33. The fraction of sp³-hybridized carbons (Fsp3) is 0.474. The van der Waals surface area contributed by atoms with E-state index in [0.717, 1.165) is 11.3 Å². The number of amides is 5. The second-order valence-electron chi connectivity index (χ2n) is 6.70. The highest BCUT2D eigenvalue weighted by Crippen LogP contribution is 2.22. The average molecular weight is 372 g/mol. The topological polar surface area (TPSA) is 90.0 Å². The van der Waals surface area contributed by atoms with Crippen molar-refractivity contribution < 1.29 is 19.2 Å². The Kier molecular flexibility index (Phi) is 5.73. The maximum atomic E-state index is 12.7. The molecule has 0 atom stereocenters. The van der Waals surface area contributed by atoms with Gasteiger partial charge in [-0.3, -0.25) is 19.3 Å². The number of nitrogens with one attached hydrogen (secondary N) is 1. The summed E-state index contributed by atoms with van der Waals surface area (Å²) >= 11 is 0.